The van der Waals surface area contributed by atoms with Crippen LogP contribution in [0.3, 0.4) is 0 Å². The first-order valence-electron chi connectivity index (χ1n) is 7.19. The summed E-state index contributed by atoms with van der Waals surface area (Å²) in [6.07, 6.45) is 2.21. The molecule has 1 fully saturated rings. The molecule has 118 valence electrons. The summed E-state index contributed by atoms with van der Waals surface area (Å²) in [5, 5.41) is 5.24. The molecule has 8 heteroatoms. The van der Waals surface area contributed by atoms with Crippen molar-refractivity contribution in [3.8, 4) is 0 Å². The van der Waals surface area contributed by atoms with Crippen LogP contribution in [-0.4, -0.2) is 30.7 Å². The molecule has 0 atom stereocenters. The minimum Gasteiger partial charge on any atom is -0.339 e. The number of benzene rings is 1. The molecule has 6 nitrogen and oxygen atoms in total. The van der Waals surface area contributed by atoms with Crippen LogP contribution in [0.5, 0.6) is 0 Å². The molecule has 23 heavy (non-hydrogen) atoms. The van der Waals surface area contributed by atoms with E-state index in [0.29, 0.717) is 18.7 Å². The molecular formula is C15H14N4O2S2. The van der Waals surface area contributed by atoms with Gasteiger partial charge in [0.1, 0.15) is 6.33 Å². The highest BCUT2D eigenvalue weighted by atomic mass is 32.2. The zero-order valence-corrected chi connectivity index (χ0v) is 13.8. The second-order valence-electron chi connectivity index (χ2n) is 5.27. The maximum atomic E-state index is 11.9. The first-order valence-corrected chi connectivity index (χ1v) is 9.68. The highest BCUT2D eigenvalue weighted by Gasteiger charge is 2.28. The molecule has 2 aromatic heterocycles. The predicted molar refractivity (Wildman–Crippen MR) is 92.9 cm³/mol. The molecule has 1 aliphatic rings. The first kappa shape index (κ1) is 14.4. The summed E-state index contributed by atoms with van der Waals surface area (Å²) in [6, 6.07) is 9.32. The van der Waals surface area contributed by atoms with Gasteiger partial charge in [0.15, 0.2) is 5.82 Å². The van der Waals surface area contributed by atoms with Crippen molar-refractivity contribution < 1.29 is 8.42 Å². The normalized spacial score (nSPS) is 16.8. The van der Waals surface area contributed by atoms with Crippen LogP contribution in [0.15, 0.2) is 42.0 Å². The van der Waals surface area contributed by atoms with Crippen LogP contribution >= 0.6 is 11.3 Å². The first-order chi connectivity index (χ1) is 11.1. The molecule has 0 spiro atoms. The van der Waals surface area contributed by atoms with Crippen LogP contribution in [0.1, 0.15) is 6.42 Å². The molecule has 3 heterocycles. The molecule has 0 amide bonds. The molecule has 3 aromatic rings. The third-order valence-corrected chi connectivity index (χ3v) is 6.54. The van der Waals surface area contributed by atoms with Crippen LogP contribution < -0.4 is 9.62 Å². The van der Waals surface area contributed by atoms with E-state index in [-0.39, 0.29) is 5.75 Å². The lowest BCUT2D eigenvalue weighted by atomic mass is 10.2. The second-order valence-corrected chi connectivity index (χ2v) is 8.20. The van der Waals surface area contributed by atoms with Crippen molar-refractivity contribution >= 4 is 48.8 Å². The SMILES string of the molecule is O=S1(=O)CCCN1c1ccc(Nc2ncnc3ccsc23)cc1. The number of anilines is 3. The fourth-order valence-corrected chi connectivity index (χ4v) is 5.01. The molecule has 1 saturated heterocycles. The van der Waals surface area contributed by atoms with Crippen molar-refractivity contribution in [2.45, 2.75) is 6.42 Å². The van der Waals surface area contributed by atoms with Crippen molar-refractivity contribution in [3.63, 3.8) is 0 Å². The zero-order chi connectivity index (χ0) is 15.9. The van der Waals surface area contributed by atoms with E-state index in [1.807, 2.05) is 35.7 Å². The van der Waals surface area contributed by atoms with E-state index in [1.54, 1.807) is 11.3 Å². The van der Waals surface area contributed by atoms with Gasteiger partial charge in [-0.15, -0.1) is 11.3 Å². The van der Waals surface area contributed by atoms with E-state index in [0.717, 1.165) is 21.7 Å². The van der Waals surface area contributed by atoms with Crippen molar-refractivity contribution in [2.24, 2.45) is 0 Å². The number of thiophene rings is 1. The van der Waals surface area contributed by atoms with Crippen molar-refractivity contribution in [1.82, 2.24) is 9.97 Å². The highest BCUT2D eigenvalue weighted by Crippen LogP contribution is 2.29. The number of aromatic nitrogens is 2. The zero-order valence-electron chi connectivity index (χ0n) is 12.1. The van der Waals surface area contributed by atoms with Gasteiger partial charge in [-0.3, -0.25) is 4.31 Å². The van der Waals surface area contributed by atoms with Gasteiger partial charge in [0, 0.05) is 12.2 Å². The monoisotopic (exact) mass is 346 g/mol. The lowest BCUT2D eigenvalue weighted by molar-refractivity contribution is 0.599. The number of nitrogens with zero attached hydrogens (tertiary/aromatic N) is 3. The Labute approximate surface area is 137 Å². The summed E-state index contributed by atoms with van der Waals surface area (Å²) < 4.78 is 26.4. The van der Waals surface area contributed by atoms with Gasteiger partial charge in [0.25, 0.3) is 0 Å². The number of nitrogens with one attached hydrogen (secondary N) is 1. The lowest BCUT2D eigenvalue weighted by Crippen LogP contribution is -2.24. The molecule has 0 unspecified atom stereocenters. The molecule has 1 aromatic carbocycles. The van der Waals surface area contributed by atoms with Crippen LogP contribution in [0.25, 0.3) is 10.2 Å². The Balaban J connectivity index is 1.60. The summed E-state index contributed by atoms with van der Waals surface area (Å²) in [5.41, 5.74) is 2.48. The van der Waals surface area contributed by atoms with Crippen LogP contribution in [0.2, 0.25) is 0 Å². The molecule has 0 aliphatic carbocycles. The summed E-state index contributed by atoms with van der Waals surface area (Å²) in [5.74, 6) is 0.983. The Morgan fingerprint density at radius 2 is 1.96 bits per heavy atom. The molecule has 1 N–H and O–H groups in total. The average Bonchev–Trinajstić information content (AvgIpc) is 3.15. The van der Waals surface area contributed by atoms with Gasteiger partial charge >= 0.3 is 0 Å². The van der Waals surface area contributed by atoms with Crippen molar-refractivity contribution in [1.29, 1.82) is 0 Å². The van der Waals surface area contributed by atoms with Crippen LogP contribution in [-0.2, 0) is 10.0 Å². The molecule has 0 radical (unpaired) electrons. The summed E-state index contributed by atoms with van der Waals surface area (Å²) >= 11 is 1.58. The molecular weight excluding hydrogens is 332 g/mol. The van der Waals surface area contributed by atoms with Gasteiger partial charge < -0.3 is 5.32 Å². The maximum Gasteiger partial charge on any atom is 0.235 e. The van der Waals surface area contributed by atoms with Gasteiger partial charge in [-0.25, -0.2) is 18.4 Å². The second kappa shape index (κ2) is 5.47. The van der Waals surface area contributed by atoms with Gasteiger partial charge in [-0.2, -0.15) is 0 Å². The Morgan fingerprint density at radius 3 is 2.70 bits per heavy atom. The van der Waals surface area contributed by atoms with E-state index in [2.05, 4.69) is 15.3 Å². The Bertz CT molecular complexity index is 951. The van der Waals surface area contributed by atoms with Gasteiger partial charge in [-0.05, 0) is 42.1 Å². The van der Waals surface area contributed by atoms with Crippen LogP contribution in [0, 0.1) is 0 Å². The van der Waals surface area contributed by atoms with Crippen molar-refractivity contribution in [2.75, 3.05) is 21.9 Å². The number of sulfonamides is 1. The Morgan fingerprint density at radius 1 is 1.13 bits per heavy atom. The van der Waals surface area contributed by atoms with Gasteiger partial charge in [-0.1, -0.05) is 0 Å². The number of rotatable bonds is 3. The number of fused-ring (bicyclic) bond motifs is 1. The summed E-state index contributed by atoms with van der Waals surface area (Å²) in [4.78, 5) is 8.49. The third-order valence-electron chi connectivity index (χ3n) is 3.76. The lowest BCUT2D eigenvalue weighted by Gasteiger charge is -2.17. The predicted octanol–water partition coefficient (Wildman–Crippen LogP) is 2.97. The molecule has 4 rings (SSSR count). The molecule has 0 bridgehead atoms. The maximum absolute atomic E-state index is 11.9. The quantitative estimate of drug-likeness (QED) is 0.789. The van der Waals surface area contributed by atoms with E-state index in [9.17, 15) is 8.42 Å². The van der Waals surface area contributed by atoms with E-state index in [4.69, 9.17) is 0 Å². The minimum atomic E-state index is -3.14. The summed E-state index contributed by atoms with van der Waals surface area (Å²) in [7, 11) is -3.14. The standard InChI is InChI=1S/C15H14N4O2S2/c20-23(21)9-1-7-19(23)12-4-2-11(3-5-12)18-15-14-13(6-8-22-14)16-10-17-15/h2-6,8,10H,1,7,9H2,(H,16,17,18). The average molecular weight is 346 g/mol. The van der Waals surface area contributed by atoms with E-state index in [1.165, 1.54) is 10.6 Å². The Kier molecular flexibility index (Phi) is 3.42. The van der Waals surface area contributed by atoms with Crippen molar-refractivity contribution in [3.05, 3.63) is 42.0 Å². The minimum absolute atomic E-state index is 0.226. The smallest absolute Gasteiger partial charge is 0.235 e. The van der Waals surface area contributed by atoms with E-state index >= 15 is 0 Å². The fourth-order valence-electron chi connectivity index (χ4n) is 2.66. The Hall–Kier alpha value is -2.19. The number of hydrogen-bond donors (Lipinski definition) is 1. The summed E-state index contributed by atoms with van der Waals surface area (Å²) in [6.45, 7) is 0.552. The highest BCUT2D eigenvalue weighted by molar-refractivity contribution is 7.93. The van der Waals surface area contributed by atoms with Crippen LogP contribution in [0.4, 0.5) is 17.2 Å². The topological polar surface area (TPSA) is 75.2 Å². The van der Waals surface area contributed by atoms with E-state index < -0.39 is 10.0 Å². The van der Waals surface area contributed by atoms with Gasteiger partial charge in [0.2, 0.25) is 10.0 Å². The molecule has 0 saturated carbocycles. The van der Waals surface area contributed by atoms with Gasteiger partial charge in [0.05, 0.1) is 21.7 Å². The number of hydrogen-bond acceptors (Lipinski definition) is 6. The third kappa shape index (κ3) is 2.64. The largest absolute Gasteiger partial charge is 0.339 e. The fraction of sp³-hybridized carbons (Fsp3) is 0.200. The molecule has 1 aliphatic heterocycles.